The molecule has 4 nitrogen and oxygen atoms in total. The zero-order valence-corrected chi connectivity index (χ0v) is 13.6. The van der Waals surface area contributed by atoms with Crippen molar-refractivity contribution in [2.75, 3.05) is 39.3 Å². The lowest BCUT2D eigenvalue weighted by molar-refractivity contribution is -0.142. The zero-order chi connectivity index (χ0) is 14.7. The molecule has 3 saturated heterocycles. The molecule has 3 fully saturated rings. The van der Waals surface area contributed by atoms with Gasteiger partial charge < -0.3 is 10.2 Å². The predicted molar refractivity (Wildman–Crippen MR) is 85.2 cm³/mol. The Hall–Kier alpha value is -0.610. The highest BCUT2D eigenvalue weighted by molar-refractivity contribution is 5.83. The fourth-order valence-corrected chi connectivity index (χ4v) is 4.45. The predicted octanol–water partition coefficient (Wildman–Crippen LogP) is 1.85. The van der Waals surface area contributed by atoms with Crippen molar-refractivity contribution in [3.05, 3.63) is 0 Å². The number of hydrogen-bond acceptors (Lipinski definition) is 3. The van der Waals surface area contributed by atoms with Crippen LogP contribution in [0.3, 0.4) is 0 Å². The Labute approximate surface area is 129 Å². The van der Waals surface area contributed by atoms with Gasteiger partial charge >= 0.3 is 0 Å². The Morgan fingerprint density at radius 1 is 1.19 bits per heavy atom. The molecule has 2 atom stereocenters. The van der Waals surface area contributed by atoms with Gasteiger partial charge in [-0.25, -0.2) is 0 Å². The van der Waals surface area contributed by atoms with Crippen molar-refractivity contribution < 1.29 is 4.79 Å². The second kappa shape index (κ2) is 6.66. The van der Waals surface area contributed by atoms with Gasteiger partial charge in [-0.1, -0.05) is 13.3 Å². The van der Waals surface area contributed by atoms with Crippen molar-refractivity contribution in [1.29, 1.82) is 0 Å². The molecule has 2 unspecified atom stereocenters. The van der Waals surface area contributed by atoms with Crippen LogP contribution < -0.4 is 5.32 Å². The first kappa shape index (κ1) is 15.3. The highest BCUT2D eigenvalue weighted by Crippen LogP contribution is 2.34. The van der Waals surface area contributed by atoms with Crippen LogP contribution >= 0.6 is 0 Å². The van der Waals surface area contributed by atoms with Crippen molar-refractivity contribution in [3.63, 3.8) is 0 Å². The maximum atomic E-state index is 13.0. The van der Waals surface area contributed by atoms with Gasteiger partial charge in [0.2, 0.25) is 5.91 Å². The van der Waals surface area contributed by atoms with E-state index < -0.39 is 0 Å². The topological polar surface area (TPSA) is 35.6 Å². The minimum atomic E-state index is -0.116. The van der Waals surface area contributed by atoms with E-state index in [2.05, 4.69) is 22.0 Å². The molecule has 0 aliphatic carbocycles. The summed E-state index contributed by atoms with van der Waals surface area (Å²) in [6.07, 6.45) is 8.43. The van der Waals surface area contributed by atoms with Crippen molar-refractivity contribution in [1.82, 2.24) is 15.1 Å². The van der Waals surface area contributed by atoms with E-state index in [1.165, 1.54) is 38.8 Å². The van der Waals surface area contributed by atoms with Crippen molar-refractivity contribution >= 4 is 5.91 Å². The average molecular weight is 293 g/mol. The summed E-state index contributed by atoms with van der Waals surface area (Å²) in [7, 11) is 0. The van der Waals surface area contributed by atoms with Crippen LogP contribution in [0.5, 0.6) is 0 Å². The first-order chi connectivity index (χ1) is 10.2. The largest absolute Gasteiger partial charge is 0.341 e. The van der Waals surface area contributed by atoms with E-state index in [-0.39, 0.29) is 5.41 Å². The van der Waals surface area contributed by atoms with Gasteiger partial charge in [-0.15, -0.1) is 0 Å². The number of likely N-dealkylation sites (tertiary alicyclic amines) is 2. The summed E-state index contributed by atoms with van der Waals surface area (Å²) in [6, 6.07) is 0.625. The van der Waals surface area contributed by atoms with Gasteiger partial charge in [0.25, 0.3) is 0 Å². The van der Waals surface area contributed by atoms with E-state index in [1.807, 2.05) is 0 Å². The Balaban J connectivity index is 1.60. The number of carbonyl (C=O) groups is 1. The molecule has 3 aliphatic rings. The Kier molecular flexibility index (Phi) is 4.85. The van der Waals surface area contributed by atoms with Gasteiger partial charge in [0.1, 0.15) is 0 Å². The molecule has 3 aliphatic heterocycles. The molecular weight excluding hydrogens is 262 g/mol. The lowest BCUT2D eigenvalue weighted by atomic mass is 9.77. The highest BCUT2D eigenvalue weighted by atomic mass is 16.2. The van der Waals surface area contributed by atoms with Crippen LogP contribution in [-0.4, -0.2) is 61.0 Å². The van der Waals surface area contributed by atoms with E-state index >= 15 is 0 Å². The highest BCUT2D eigenvalue weighted by Gasteiger charge is 2.43. The van der Waals surface area contributed by atoms with Crippen molar-refractivity contribution in [3.8, 4) is 0 Å². The quantitative estimate of drug-likeness (QED) is 0.862. The second-order valence-electron chi connectivity index (χ2n) is 7.20. The Morgan fingerprint density at radius 3 is 2.67 bits per heavy atom. The number of carbonyl (C=O) groups excluding carboxylic acids is 1. The minimum Gasteiger partial charge on any atom is -0.341 e. The fraction of sp³-hybridized carbons (Fsp3) is 0.941. The van der Waals surface area contributed by atoms with Crippen LogP contribution in [-0.2, 0) is 4.79 Å². The van der Waals surface area contributed by atoms with Crippen LogP contribution in [0.1, 0.15) is 51.9 Å². The number of nitrogens with zero attached hydrogens (tertiary/aromatic N) is 2. The average Bonchev–Trinajstić information content (AvgIpc) is 3.05. The van der Waals surface area contributed by atoms with Gasteiger partial charge in [0.15, 0.2) is 0 Å². The van der Waals surface area contributed by atoms with Crippen LogP contribution in [0.4, 0.5) is 0 Å². The van der Waals surface area contributed by atoms with E-state index in [0.29, 0.717) is 11.9 Å². The molecule has 1 amide bonds. The van der Waals surface area contributed by atoms with Crippen LogP contribution in [0.15, 0.2) is 0 Å². The fourth-order valence-electron chi connectivity index (χ4n) is 4.45. The molecule has 0 aromatic carbocycles. The molecule has 0 saturated carbocycles. The molecule has 120 valence electrons. The molecule has 0 radical (unpaired) electrons. The van der Waals surface area contributed by atoms with E-state index in [0.717, 1.165) is 45.4 Å². The second-order valence-corrected chi connectivity index (χ2v) is 7.20. The van der Waals surface area contributed by atoms with Crippen LogP contribution in [0, 0.1) is 5.41 Å². The summed E-state index contributed by atoms with van der Waals surface area (Å²) in [4.78, 5) is 17.9. The number of nitrogens with one attached hydrogen (secondary N) is 1. The molecule has 0 spiro atoms. The molecule has 3 rings (SSSR count). The van der Waals surface area contributed by atoms with Gasteiger partial charge in [-0.3, -0.25) is 9.69 Å². The van der Waals surface area contributed by atoms with E-state index in [9.17, 15) is 4.79 Å². The first-order valence-electron chi connectivity index (χ1n) is 8.99. The zero-order valence-electron chi connectivity index (χ0n) is 13.6. The summed E-state index contributed by atoms with van der Waals surface area (Å²) < 4.78 is 0. The van der Waals surface area contributed by atoms with Gasteiger partial charge in [-0.05, 0) is 58.2 Å². The monoisotopic (exact) mass is 293 g/mol. The number of rotatable bonds is 3. The number of amides is 1. The molecule has 4 heteroatoms. The molecule has 0 aromatic heterocycles. The SMILES string of the molecule is CCC1(C(=O)N2CCC(N3CCCCC3)C2)CCCNC1. The summed E-state index contributed by atoms with van der Waals surface area (Å²) in [5.74, 6) is 0.428. The summed E-state index contributed by atoms with van der Waals surface area (Å²) in [6.45, 7) is 8.57. The lowest BCUT2D eigenvalue weighted by Crippen LogP contribution is -2.51. The summed E-state index contributed by atoms with van der Waals surface area (Å²) >= 11 is 0. The van der Waals surface area contributed by atoms with Crippen molar-refractivity contribution in [2.24, 2.45) is 5.41 Å². The molecule has 0 bridgehead atoms. The van der Waals surface area contributed by atoms with Gasteiger partial charge in [0, 0.05) is 25.7 Å². The summed E-state index contributed by atoms with van der Waals surface area (Å²) in [5, 5.41) is 3.45. The normalized spacial score (nSPS) is 35.1. The van der Waals surface area contributed by atoms with E-state index in [1.54, 1.807) is 0 Å². The van der Waals surface area contributed by atoms with E-state index in [4.69, 9.17) is 0 Å². The third kappa shape index (κ3) is 3.11. The smallest absolute Gasteiger partial charge is 0.230 e. The third-order valence-corrected chi connectivity index (χ3v) is 5.96. The minimum absolute atomic E-state index is 0.116. The maximum absolute atomic E-state index is 13.0. The maximum Gasteiger partial charge on any atom is 0.230 e. The molecular formula is C17H31N3O. The standard InChI is InChI=1S/C17H31N3O/c1-2-17(8-6-9-18-14-17)16(21)20-12-7-15(13-20)19-10-4-3-5-11-19/h15,18H,2-14H2,1H3. The summed E-state index contributed by atoms with van der Waals surface area (Å²) in [5.41, 5.74) is -0.116. The van der Waals surface area contributed by atoms with Crippen LogP contribution in [0.25, 0.3) is 0 Å². The Morgan fingerprint density at radius 2 is 2.00 bits per heavy atom. The number of hydrogen-bond donors (Lipinski definition) is 1. The lowest BCUT2D eigenvalue weighted by Gasteiger charge is -2.39. The van der Waals surface area contributed by atoms with Crippen molar-refractivity contribution in [2.45, 2.75) is 57.9 Å². The molecule has 3 heterocycles. The van der Waals surface area contributed by atoms with Gasteiger partial charge in [0.05, 0.1) is 5.41 Å². The number of piperidine rings is 2. The first-order valence-corrected chi connectivity index (χ1v) is 8.99. The van der Waals surface area contributed by atoms with Crippen LogP contribution in [0.2, 0.25) is 0 Å². The third-order valence-electron chi connectivity index (χ3n) is 5.96. The molecule has 0 aromatic rings. The Bertz CT molecular complexity index is 359. The van der Waals surface area contributed by atoms with Gasteiger partial charge in [-0.2, -0.15) is 0 Å². The molecule has 1 N–H and O–H groups in total. The molecule has 21 heavy (non-hydrogen) atoms.